The number of rotatable bonds is 5. The average Bonchev–Trinajstić information content (AvgIpc) is 2.60. The van der Waals surface area contributed by atoms with Crippen molar-refractivity contribution in [2.75, 3.05) is 5.43 Å². The molecule has 0 atom stereocenters. The second-order valence-electron chi connectivity index (χ2n) is 6.28. The number of nitrogens with zero attached hydrogens (tertiary/aromatic N) is 1. The Hall–Kier alpha value is -2.00. The normalized spacial score (nSPS) is 15.6. The fraction of sp³-hybridized carbons (Fsp3) is 0.350. The summed E-state index contributed by atoms with van der Waals surface area (Å²) in [6, 6.07) is 13.9. The van der Waals surface area contributed by atoms with E-state index in [1.54, 1.807) is 6.21 Å². The molecule has 0 radical (unpaired) electrons. The van der Waals surface area contributed by atoms with Gasteiger partial charge in [-0.1, -0.05) is 24.1 Å². The van der Waals surface area contributed by atoms with Crippen LogP contribution < -0.4 is 10.2 Å². The molecule has 1 aliphatic rings. The summed E-state index contributed by atoms with van der Waals surface area (Å²) in [5.74, 6) is 0.942. The molecule has 0 amide bonds. The van der Waals surface area contributed by atoms with E-state index in [0.29, 0.717) is 6.10 Å². The lowest BCUT2D eigenvalue weighted by Gasteiger charge is -2.22. The number of halogens is 1. The molecule has 4 heteroatoms. The molecule has 0 aliphatic heterocycles. The molecule has 24 heavy (non-hydrogen) atoms. The van der Waals surface area contributed by atoms with E-state index in [9.17, 15) is 0 Å². The zero-order chi connectivity index (χ0) is 16.8. The number of nitrogens with one attached hydrogen (secondary N) is 1. The largest absolute Gasteiger partial charge is 0.490 e. The van der Waals surface area contributed by atoms with E-state index >= 15 is 0 Å². The number of hydrazone groups is 1. The maximum Gasteiger partial charge on any atom is 0.119 e. The molecule has 0 spiro atoms. The number of aryl methyl sites for hydroxylation is 1. The standard InChI is InChI=1S/C20H23ClN2O/c1-15-7-10-17(13-20(15)21)23-22-14-16-8-11-19(12-9-16)24-18-5-3-2-4-6-18/h7-14,18,23H,2-6H2,1H3. The van der Waals surface area contributed by atoms with Crippen LogP contribution in [-0.4, -0.2) is 12.3 Å². The summed E-state index contributed by atoms with van der Waals surface area (Å²) in [4.78, 5) is 0. The van der Waals surface area contributed by atoms with Gasteiger partial charge in [-0.15, -0.1) is 0 Å². The van der Waals surface area contributed by atoms with E-state index < -0.39 is 0 Å². The number of hydrogen-bond acceptors (Lipinski definition) is 3. The van der Waals surface area contributed by atoms with Crippen molar-refractivity contribution in [1.82, 2.24) is 0 Å². The first-order valence-corrected chi connectivity index (χ1v) is 8.90. The summed E-state index contributed by atoms with van der Waals surface area (Å²) in [6.07, 6.45) is 8.42. The smallest absolute Gasteiger partial charge is 0.119 e. The number of anilines is 1. The van der Waals surface area contributed by atoms with Crippen molar-refractivity contribution in [3.63, 3.8) is 0 Å². The highest BCUT2D eigenvalue weighted by atomic mass is 35.5. The molecule has 1 N–H and O–H groups in total. The van der Waals surface area contributed by atoms with Gasteiger partial charge in [0.15, 0.2) is 0 Å². The lowest BCUT2D eigenvalue weighted by atomic mass is 9.98. The molecule has 2 aromatic carbocycles. The van der Waals surface area contributed by atoms with Gasteiger partial charge in [-0.3, -0.25) is 5.43 Å². The van der Waals surface area contributed by atoms with Crippen molar-refractivity contribution in [2.45, 2.75) is 45.1 Å². The average molecular weight is 343 g/mol. The molecule has 0 heterocycles. The van der Waals surface area contributed by atoms with E-state index in [0.717, 1.165) is 27.6 Å². The summed E-state index contributed by atoms with van der Waals surface area (Å²) in [5.41, 5.74) is 5.95. The summed E-state index contributed by atoms with van der Waals surface area (Å²) in [5, 5.41) is 4.99. The van der Waals surface area contributed by atoms with Gasteiger partial charge in [0.1, 0.15) is 5.75 Å². The molecule has 3 nitrogen and oxygen atoms in total. The lowest BCUT2D eigenvalue weighted by molar-refractivity contribution is 0.155. The van der Waals surface area contributed by atoms with Gasteiger partial charge in [0.25, 0.3) is 0 Å². The molecule has 1 aliphatic carbocycles. The summed E-state index contributed by atoms with van der Waals surface area (Å²) >= 11 is 6.10. The number of ether oxygens (including phenoxy) is 1. The fourth-order valence-electron chi connectivity index (χ4n) is 2.85. The van der Waals surface area contributed by atoms with E-state index in [-0.39, 0.29) is 0 Å². The number of benzene rings is 2. The van der Waals surface area contributed by atoms with Crippen LogP contribution in [-0.2, 0) is 0 Å². The minimum Gasteiger partial charge on any atom is -0.490 e. The molecule has 126 valence electrons. The van der Waals surface area contributed by atoms with Crippen molar-refractivity contribution in [3.05, 3.63) is 58.6 Å². The minimum absolute atomic E-state index is 0.381. The van der Waals surface area contributed by atoms with Crippen molar-refractivity contribution >= 4 is 23.5 Å². The Labute approximate surface area is 148 Å². The lowest BCUT2D eigenvalue weighted by Crippen LogP contribution is -2.19. The molecule has 2 aromatic rings. The molecule has 1 fully saturated rings. The van der Waals surface area contributed by atoms with E-state index in [1.807, 2.05) is 49.4 Å². The van der Waals surface area contributed by atoms with E-state index in [4.69, 9.17) is 16.3 Å². The third kappa shape index (κ3) is 4.75. The van der Waals surface area contributed by atoms with Gasteiger partial charge in [0.2, 0.25) is 0 Å². The molecular weight excluding hydrogens is 320 g/mol. The zero-order valence-corrected chi connectivity index (χ0v) is 14.7. The Kier molecular flexibility index (Phi) is 5.76. The van der Waals surface area contributed by atoms with Crippen LogP contribution >= 0.6 is 11.6 Å². The summed E-state index contributed by atoms with van der Waals surface area (Å²) in [6.45, 7) is 1.98. The van der Waals surface area contributed by atoms with Crippen LogP contribution in [0.15, 0.2) is 47.6 Å². The van der Waals surface area contributed by atoms with Crippen LogP contribution in [0.2, 0.25) is 5.02 Å². The second-order valence-corrected chi connectivity index (χ2v) is 6.69. The monoisotopic (exact) mass is 342 g/mol. The Bertz CT molecular complexity index is 691. The molecule has 0 unspecified atom stereocenters. The van der Waals surface area contributed by atoms with Crippen LogP contribution in [0.4, 0.5) is 5.69 Å². The van der Waals surface area contributed by atoms with Crippen LogP contribution in [0, 0.1) is 6.92 Å². The highest BCUT2D eigenvalue weighted by Crippen LogP contribution is 2.23. The maximum atomic E-state index is 6.10. The van der Waals surface area contributed by atoms with E-state index in [1.165, 1.54) is 32.1 Å². The predicted octanol–water partition coefficient (Wildman–Crippen LogP) is 5.81. The van der Waals surface area contributed by atoms with Gasteiger partial charge in [0.05, 0.1) is 18.0 Å². The van der Waals surface area contributed by atoms with Crippen LogP contribution in [0.5, 0.6) is 5.75 Å². The highest BCUT2D eigenvalue weighted by Gasteiger charge is 2.14. The Morgan fingerprint density at radius 1 is 1.08 bits per heavy atom. The maximum absolute atomic E-state index is 6.10. The highest BCUT2D eigenvalue weighted by molar-refractivity contribution is 6.31. The van der Waals surface area contributed by atoms with Crippen molar-refractivity contribution in [2.24, 2.45) is 5.10 Å². The van der Waals surface area contributed by atoms with Crippen molar-refractivity contribution in [3.8, 4) is 5.75 Å². The SMILES string of the molecule is Cc1ccc(NN=Cc2ccc(OC3CCCCC3)cc2)cc1Cl. The van der Waals surface area contributed by atoms with Gasteiger partial charge in [0, 0.05) is 5.02 Å². The molecule has 0 bridgehead atoms. The first-order valence-electron chi connectivity index (χ1n) is 8.53. The third-order valence-corrected chi connectivity index (χ3v) is 4.72. The summed E-state index contributed by atoms with van der Waals surface area (Å²) in [7, 11) is 0. The third-order valence-electron chi connectivity index (χ3n) is 4.31. The fourth-order valence-corrected chi connectivity index (χ4v) is 3.03. The van der Waals surface area contributed by atoms with Gasteiger partial charge in [-0.2, -0.15) is 5.10 Å². The summed E-state index contributed by atoms with van der Waals surface area (Å²) < 4.78 is 6.03. The Morgan fingerprint density at radius 3 is 2.54 bits per heavy atom. The quantitative estimate of drug-likeness (QED) is 0.549. The molecule has 3 rings (SSSR count). The van der Waals surface area contributed by atoms with Gasteiger partial charge in [-0.05, 0) is 80.1 Å². The molecule has 1 saturated carbocycles. The van der Waals surface area contributed by atoms with Gasteiger partial charge < -0.3 is 4.74 Å². The Morgan fingerprint density at radius 2 is 1.83 bits per heavy atom. The van der Waals surface area contributed by atoms with Gasteiger partial charge in [-0.25, -0.2) is 0 Å². The van der Waals surface area contributed by atoms with Crippen LogP contribution in [0.1, 0.15) is 43.2 Å². The zero-order valence-electron chi connectivity index (χ0n) is 14.0. The first kappa shape index (κ1) is 16.8. The molecule has 0 saturated heterocycles. The molecule has 0 aromatic heterocycles. The second kappa shape index (κ2) is 8.20. The van der Waals surface area contributed by atoms with E-state index in [2.05, 4.69) is 10.5 Å². The number of hydrogen-bond donors (Lipinski definition) is 1. The molecular formula is C20H23ClN2O. The Balaban J connectivity index is 1.54. The van der Waals surface area contributed by atoms with Crippen LogP contribution in [0.3, 0.4) is 0 Å². The van der Waals surface area contributed by atoms with Gasteiger partial charge >= 0.3 is 0 Å². The topological polar surface area (TPSA) is 33.6 Å². The van der Waals surface area contributed by atoms with Crippen molar-refractivity contribution in [1.29, 1.82) is 0 Å². The minimum atomic E-state index is 0.381. The van der Waals surface area contributed by atoms with Crippen LogP contribution in [0.25, 0.3) is 0 Å². The first-order chi connectivity index (χ1) is 11.7. The van der Waals surface area contributed by atoms with Crippen molar-refractivity contribution < 1.29 is 4.74 Å². The predicted molar refractivity (Wildman–Crippen MR) is 101 cm³/mol.